The molecule has 3 heterocycles. The molecule has 2 aromatic rings. The molecule has 28 heavy (non-hydrogen) atoms. The molecule has 1 fully saturated rings. The van der Waals surface area contributed by atoms with E-state index < -0.39 is 23.4 Å². The summed E-state index contributed by atoms with van der Waals surface area (Å²) in [5, 5.41) is 21.4. The molecular weight excluding hydrogens is 427 g/mol. The van der Waals surface area contributed by atoms with Crippen LogP contribution in [0.25, 0.3) is 10.6 Å². The van der Waals surface area contributed by atoms with Crippen LogP contribution in [-0.2, 0) is 6.18 Å². The van der Waals surface area contributed by atoms with E-state index in [1.165, 1.54) is 11.3 Å². The normalized spacial score (nSPS) is 16.7. The fourth-order valence-electron chi connectivity index (χ4n) is 2.82. The highest BCUT2D eigenvalue weighted by molar-refractivity contribution is 7.99. The second-order valence-corrected chi connectivity index (χ2v) is 9.38. The smallest absolute Gasteiger partial charge is 0.391 e. The first-order valence-corrected chi connectivity index (χ1v) is 11.6. The van der Waals surface area contributed by atoms with E-state index >= 15 is 0 Å². The predicted molar refractivity (Wildman–Crippen MR) is 108 cm³/mol. The molecule has 0 saturated carbocycles. The Morgan fingerprint density at radius 1 is 1.36 bits per heavy atom. The summed E-state index contributed by atoms with van der Waals surface area (Å²) in [6.45, 7) is 2.24. The molecule has 1 aliphatic rings. The Hall–Kier alpha value is -1.25. The molecule has 0 spiro atoms. The molecule has 0 bridgehead atoms. The molecule has 0 amide bonds. The van der Waals surface area contributed by atoms with Crippen LogP contribution in [0.15, 0.2) is 28.6 Å². The van der Waals surface area contributed by atoms with Gasteiger partial charge < -0.3 is 5.11 Å². The molecule has 1 aliphatic heterocycles. The van der Waals surface area contributed by atoms with Gasteiger partial charge in [-0.25, -0.2) is 4.98 Å². The van der Waals surface area contributed by atoms with Crippen molar-refractivity contribution in [1.29, 1.82) is 5.26 Å². The Morgan fingerprint density at radius 3 is 2.71 bits per heavy atom. The number of aliphatic hydroxyl groups is 1. The van der Waals surface area contributed by atoms with Gasteiger partial charge in [0.1, 0.15) is 11.1 Å². The molecule has 0 unspecified atom stereocenters. The Labute approximate surface area is 173 Å². The Kier molecular flexibility index (Phi) is 7.28. The van der Waals surface area contributed by atoms with Gasteiger partial charge in [0, 0.05) is 36.9 Å². The number of aliphatic hydroxyl groups excluding tert-OH is 1. The van der Waals surface area contributed by atoms with Gasteiger partial charge in [0.05, 0.1) is 27.8 Å². The lowest BCUT2D eigenvalue weighted by molar-refractivity contribution is -0.138. The molecule has 4 nitrogen and oxygen atoms in total. The second kappa shape index (κ2) is 9.50. The number of rotatable bonds is 6. The zero-order chi connectivity index (χ0) is 20.1. The van der Waals surface area contributed by atoms with Gasteiger partial charge in [-0.1, -0.05) is 6.07 Å². The molecular formula is C18H18F3N3OS3. The fraction of sp³-hybridized carbons (Fsp3) is 0.444. The SMILES string of the molecule is N#Cc1c(C(F)(F)F)cc(-c2cccs2)nc1SC[C@H](O)CN1CCSCC1. The van der Waals surface area contributed by atoms with Gasteiger partial charge in [-0.3, -0.25) is 4.90 Å². The first kappa shape index (κ1) is 21.5. The van der Waals surface area contributed by atoms with Crippen molar-refractivity contribution in [2.45, 2.75) is 17.3 Å². The molecule has 0 aromatic carbocycles. The summed E-state index contributed by atoms with van der Waals surface area (Å²) in [5.41, 5.74) is -1.29. The molecule has 2 aromatic heterocycles. The zero-order valence-corrected chi connectivity index (χ0v) is 17.2. The van der Waals surface area contributed by atoms with Crippen LogP contribution in [0.3, 0.4) is 0 Å². The number of alkyl halides is 3. The van der Waals surface area contributed by atoms with Crippen molar-refractivity contribution < 1.29 is 18.3 Å². The van der Waals surface area contributed by atoms with E-state index in [9.17, 15) is 23.5 Å². The van der Waals surface area contributed by atoms with Crippen LogP contribution in [0, 0.1) is 11.3 Å². The van der Waals surface area contributed by atoms with Crippen molar-refractivity contribution in [3.63, 3.8) is 0 Å². The van der Waals surface area contributed by atoms with Gasteiger partial charge in [-0.05, 0) is 17.5 Å². The van der Waals surface area contributed by atoms with E-state index in [-0.39, 0.29) is 16.5 Å². The summed E-state index contributed by atoms with van der Waals surface area (Å²) in [6.07, 6.45) is -5.36. The van der Waals surface area contributed by atoms with E-state index in [4.69, 9.17) is 0 Å². The van der Waals surface area contributed by atoms with Crippen molar-refractivity contribution in [2.75, 3.05) is 36.9 Å². The van der Waals surface area contributed by atoms with E-state index in [2.05, 4.69) is 9.88 Å². The number of nitriles is 1. The van der Waals surface area contributed by atoms with Crippen molar-refractivity contribution in [3.05, 3.63) is 34.7 Å². The lowest BCUT2D eigenvalue weighted by Crippen LogP contribution is -2.39. The van der Waals surface area contributed by atoms with Crippen LogP contribution in [0.5, 0.6) is 0 Å². The van der Waals surface area contributed by atoms with Crippen LogP contribution < -0.4 is 0 Å². The van der Waals surface area contributed by atoms with Crippen LogP contribution >= 0.6 is 34.9 Å². The minimum absolute atomic E-state index is 0.00831. The predicted octanol–water partition coefficient (Wildman–Crippen LogP) is 4.20. The molecule has 1 N–H and O–H groups in total. The summed E-state index contributed by atoms with van der Waals surface area (Å²) in [7, 11) is 0. The average molecular weight is 446 g/mol. The number of β-amino-alcohol motifs (C(OH)–C–C–N with tert-alkyl or cyclic N) is 1. The van der Waals surface area contributed by atoms with Crippen LogP contribution in [0.4, 0.5) is 13.2 Å². The van der Waals surface area contributed by atoms with Gasteiger partial charge in [0.2, 0.25) is 0 Å². The summed E-state index contributed by atoms with van der Waals surface area (Å²) in [6, 6.07) is 6.01. The van der Waals surface area contributed by atoms with Gasteiger partial charge in [0.25, 0.3) is 0 Å². The number of thioether (sulfide) groups is 2. The molecule has 10 heteroatoms. The second-order valence-electron chi connectivity index (χ2n) is 6.20. The number of hydrogen-bond donors (Lipinski definition) is 1. The van der Waals surface area contributed by atoms with Gasteiger partial charge in [0.15, 0.2) is 0 Å². The van der Waals surface area contributed by atoms with Crippen LogP contribution in [0.2, 0.25) is 0 Å². The van der Waals surface area contributed by atoms with Crippen LogP contribution in [0.1, 0.15) is 11.1 Å². The van der Waals surface area contributed by atoms with Crippen molar-refractivity contribution in [2.24, 2.45) is 0 Å². The number of halogens is 3. The summed E-state index contributed by atoms with van der Waals surface area (Å²) in [5.74, 6) is 2.20. The number of hydrogen-bond acceptors (Lipinski definition) is 7. The highest BCUT2D eigenvalue weighted by atomic mass is 32.2. The molecule has 150 valence electrons. The minimum Gasteiger partial charge on any atom is -0.391 e. The highest BCUT2D eigenvalue weighted by Gasteiger charge is 2.36. The van der Waals surface area contributed by atoms with E-state index in [0.29, 0.717) is 11.4 Å². The third-order valence-corrected chi connectivity index (χ3v) is 7.12. The topological polar surface area (TPSA) is 60.1 Å². The molecule has 3 rings (SSSR count). The first-order chi connectivity index (χ1) is 13.4. The van der Waals surface area contributed by atoms with E-state index in [0.717, 1.165) is 42.4 Å². The lowest BCUT2D eigenvalue weighted by atomic mass is 10.1. The molecule has 0 radical (unpaired) electrons. The number of aromatic nitrogens is 1. The van der Waals surface area contributed by atoms with Gasteiger partial charge >= 0.3 is 6.18 Å². The third kappa shape index (κ3) is 5.42. The average Bonchev–Trinajstić information content (AvgIpc) is 3.20. The van der Waals surface area contributed by atoms with Crippen molar-refractivity contribution >= 4 is 34.9 Å². The number of thiophene rings is 1. The highest BCUT2D eigenvalue weighted by Crippen LogP contribution is 2.38. The Morgan fingerprint density at radius 2 is 2.11 bits per heavy atom. The largest absolute Gasteiger partial charge is 0.417 e. The molecule has 0 aliphatic carbocycles. The number of nitrogens with zero attached hydrogens (tertiary/aromatic N) is 3. The van der Waals surface area contributed by atoms with Crippen molar-refractivity contribution in [3.8, 4) is 16.6 Å². The quantitative estimate of drug-likeness (QED) is 0.673. The fourth-order valence-corrected chi connectivity index (χ4v) is 5.40. The Balaban J connectivity index is 1.82. The lowest BCUT2D eigenvalue weighted by Gasteiger charge is -2.28. The number of pyridine rings is 1. The maximum absolute atomic E-state index is 13.5. The summed E-state index contributed by atoms with van der Waals surface area (Å²) < 4.78 is 40.5. The van der Waals surface area contributed by atoms with Gasteiger partial charge in [-0.2, -0.15) is 30.2 Å². The Bertz CT molecular complexity index is 831. The maximum atomic E-state index is 13.5. The van der Waals surface area contributed by atoms with E-state index in [1.54, 1.807) is 23.6 Å². The zero-order valence-electron chi connectivity index (χ0n) is 14.8. The summed E-state index contributed by atoms with van der Waals surface area (Å²) >= 11 is 4.15. The summed E-state index contributed by atoms with van der Waals surface area (Å²) in [4.78, 5) is 7.04. The minimum atomic E-state index is -4.65. The molecule has 1 saturated heterocycles. The van der Waals surface area contributed by atoms with Crippen LogP contribution in [-0.4, -0.2) is 58.0 Å². The maximum Gasteiger partial charge on any atom is 0.417 e. The van der Waals surface area contributed by atoms with Crippen molar-refractivity contribution in [1.82, 2.24) is 9.88 Å². The third-order valence-electron chi connectivity index (χ3n) is 4.16. The monoisotopic (exact) mass is 445 g/mol. The molecule has 1 atom stereocenters. The van der Waals surface area contributed by atoms with Gasteiger partial charge in [-0.15, -0.1) is 23.1 Å². The standard InChI is InChI=1S/C18H18F3N3OS3/c19-18(20,21)14-8-15(16-2-1-5-27-16)23-17(13(14)9-22)28-11-12(25)10-24-3-6-26-7-4-24/h1-2,5,8,12,25H,3-4,6-7,10-11H2/t12-/m1/s1. The van der Waals surface area contributed by atoms with E-state index in [1.807, 2.05) is 11.8 Å². The first-order valence-electron chi connectivity index (χ1n) is 8.55.